The molecule has 0 saturated carbocycles. The predicted octanol–water partition coefficient (Wildman–Crippen LogP) is 0.325. The van der Waals surface area contributed by atoms with Gasteiger partial charge in [-0.05, 0) is 11.3 Å². The topological polar surface area (TPSA) is 90.4 Å². The van der Waals surface area contributed by atoms with Crippen molar-refractivity contribution in [2.45, 2.75) is 25.5 Å². The lowest BCUT2D eigenvalue weighted by atomic mass is 10.0. The molecular weight excluding hydrogens is 202 g/mol. The van der Waals surface area contributed by atoms with E-state index >= 15 is 0 Å². The number of nitrogens with zero attached hydrogens (tertiary/aromatic N) is 3. The molecule has 0 spiro atoms. The van der Waals surface area contributed by atoms with Crippen LogP contribution in [-0.4, -0.2) is 31.8 Å². The summed E-state index contributed by atoms with van der Waals surface area (Å²) in [5.41, 5.74) is -0.669. The van der Waals surface area contributed by atoms with Crippen LogP contribution >= 0.6 is 0 Å². The smallest absolute Gasteiger partial charge is 0.415 e. The summed E-state index contributed by atoms with van der Waals surface area (Å²) in [7, 11) is 0. The highest BCUT2D eigenvalue weighted by molar-refractivity contribution is 5.23. The Kier molecular flexibility index (Phi) is 2.11. The van der Waals surface area contributed by atoms with E-state index in [0.29, 0.717) is 13.0 Å². The van der Waals surface area contributed by atoms with Gasteiger partial charge in [-0.2, -0.15) is 0 Å². The quantitative estimate of drug-likeness (QED) is 0.577. The number of fused-ring (bicyclic) bond motifs is 1. The maximum atomic E-state index is 10.4. The SMILES string of the molecule is CC[C@]1(CO)Cn2cc([N+](=O)[O-])nc2O1. The molecule has 1 N–H and O–H groups in total. The highest BCUT2D eigenvalue weighted by Crippen LogP contribution is 2.32. The Morgan fingerprint density at radius 2 is 2.60 bits per heavy atom. The van der Waals surface area contributed by atoms with Crippen molar-refractivity contribution in [3.8, 4) is 6.01 Å². The van der Waals surface area contributed by atoms with Crippen molar-refractivity contribution < 1.29 is 14.8 Å². The summed E-state index contributed by atoms with van der Waals surface area (Å²) in [4.78, 5) is 13.6. The van der Waals surface area contributed by atoms with E-state index in [1.165, 1.54) is 6.20 Å². The standard InChI is InChI=1S/C8H11N3O4/c1-2-8(5-12)4-10-3-6(11(13)14)9-7(10)15-8/h3,12H,2,4-5H2,1H3/t8-/m1/s1. The minimum atomic E-state index is -0.669. The van der Waals surface area contributed by atoms with E-state index in [-0.39, 0.29) is 18.4 Å². The number of ether oxygens (including phenoxy) is 1. The number of imidazole rings is 1. The van der Waals surface area contributed by atoms with Gasteiger partial charge in [-0.25, -0.2) is 0 Å². The molecule has 82 valence electrons. The van der Waals surface area contributed by atoms with Crippen molar-refractivity contribution >= 4 is 5.82 Å². The fourth-order valence-electron chi connectivity index (χ4n) is 1.58. The Labute approximate surface area is 85.4 Å². The van der Waals surface area contributed by atoms with E-state index in [4.69, 9.17) is 4.74 Å². The number of aliphatic hydroxyl groups is 1. The van der Waals surface area contributed by atoms with Crippen LogP contribution in [0.1, 0.15) is 13.3 Å². The third-order valence-electron chi connectivity index (χ3n) is 2.61. The third kappa shape index (κ3) is 1.44. The maximum absolute atomic E-state index is 10.4. The van der Waals surface area contributed by atoms with Crippen LogP contribution in [0.5, 0.6) is 6.01 Å². The molecule has 0 aliphatic carbocycles. The van der Waals surface area contributed by atoms with E-state index in [2.05, 4.69) is 4.98 Å². The molecule has 0 aromatic carbocycles. The normalized spacial score (nSPS) is 23.6. The molecule has 0 amide bonds. The molecule has 0 saturated heterocycles. The van der Waals surface area contributed by atoms with E-state index in [1.54, 1.807) is 4.57 Å². The summed E-state index contributed by atoms with van der Waals surface area (Å²) in [5.74, 6) is -0.229. The lowest BCUT2D eigenvalue weighted by Crippen LogP contribution is -2.38. The van der Waals surface area contributed by atoms with Crippen LogP contribution in [0, 0.1) is 10.1 Å². The molecule has 2 rings (SSSR count). The number of nitro groups is 1. The average Bonchev–Trinajstić information content (AvgIpc) is 2.72. The van der Waals surface area contributed by atoms with Gasteiger partial charge in [0.2, 0.25) is 0 Å². The van der Waals surface area contributed by atoms with E-state index in [0.717, 1.165) is 0 Å². The summed E-state index contributed by atoms with van der Waals surface area (Å²) in [6.07, 6.45) is 1.95. The fraction of sp³-hybridized carbons (Fsp3) is 0.625. The van der Waals surface area contributed by atoms with E-state index < -0.39 is 10.5 Å². The number of rotatable bonds is 3. The molecule has 0 radical (unpaired) electrons. The van der Waals surface area contributed by atoms with Crippen molar-refractivity contribution in [2.24, 2.45) is 0 Å². The van der Waals surface area contributed by atoms with E-state index in [9.17, 15) is 15.2 Å². The van der Waals surface area contributed by atoms with Gasteiger partial charge in [-0.3, -0.25) is 4.57 Å². The molecule has 1 aromatic rings. The molecule has 1 atom stereocenters. The number of hydrogen-bond acceptors (Lipinski definition) is 5. The van der Waals surface area contributed by atoms with Crippen molar-refractivity contribution in [3.63, 3.8) is 0 Å². The number of aromatic nitrogens is 2. The summed E-state index contributed by atoms with van der Waals surface area (Å²) >= 11 is 0. The molecule has 7 nitrogen and oxygen atoms in total. The molecule has 1 aromatic heterocycles. The Bertz CT molecular complexity index is 371. The summed E-state index contributed by atoms with van der Waals surface area (Å²) in [5, 5.41) is 19.6. The maximum Gasteiger partial charge on any atom is 0.415 e. The van der Waals surface area contributed by atoms with Gasteiger partial charge >= 0.3 is 11.8 Å². The Morgan fingerprint density at radius 3 is 3.07 bits per heavy atom. The van der Waals surface area contributed by atoms with Crippen LogP contribution in [0.15, 0.2) is 6.20 Å². The zero-order valence-corrected chi connectivity index (χ0v) is 8.21. The lowest BCUT2D eigenvalue weighted by molar-refractivity contribution is -0.389. The van der Waals surface area contributed by atoms with E-state index in [1.807, 2.05) is 6.92 Å². The fourth-order valence-corrected chi connectivity index (χ4v) is 1.58. The zero-order chi connectivity index (χ0) is 11.1. The highest BCUT2D eigenvalue weighted by atomic mass is 16.6. The van der Waals surface area contributed by atoms with Crippen molar-refractivity contribution in [1.82, 2.24) is 9.55 Å². The van der Waals surface area contributed by atoms with Crippen LogP contribution in [0.2, 0.25) is 0 Å². The molecule has 7 heteroatoms. The average molecular weight is 213 g/mol. The summed E-state index contributed by atoms with van der Waals surface area (Å²) < 4.78 is 6.97. The van der Waals surface area contributed by atoms with Gasteiger partial charge in [0.05, 0.1) is 13.2 Å². The monoisotopic (exact) mass is 213 g/mol. The summed E-state index contributed by atoms with van der Waals surface area (Å²) in [6, 6.07) is 0.206. The van der Waals surface area contributed by atoms with Crippen LogP contribution in [-0.2, 0) is 6.54 Å². The minimum Gasteiger partial charge on any atom is -0.435 e. The molecule has 1 aliphatic rings. The predicted molar refractivity (Wildman–Crippen MR) is 49.6 cm³/mol. The second-order valence-electron chi connectivity index (χ2n) is 3.56. The first-order valence-electron chi connectivity index (χ1n) is 4.61. The lowest BCUT2D eigenvalue weighted by Gasteiger charge is -2.22. The number of aliphatic hydroxyl groups excluding tert-OH is 1. The van der Waals surface area contributed by atoms with Gasteiger partial charge in [0.15, 0.2) is 5.60 Å². The molecule has 0 bridgehead atoms. The zero-order valence-electron chi connectivity index (χ0n) is 8.21. The molecular formula is C8H11N3O4. The van der Waals surface area contributed by atoms with Gasteiger partial charge in [0.25, 0.3) is 0 Å². The van der Waals surface area contributed by atoms with Crippen molar-refractivity contribution in [1.29, 1.82) is 0 Å². The minimum absolute atomic E-state index is 0.124. The van der Waals surface area contributed by atoms with Crippen LogP contribution in [0.4, 0.5) is 5.82 Å². The summed E-state index contributed by atoms with van der Waals surface area (Å²) in [6.45, 7) is 2.16. The van der Waals surface area contributed by atoms with Crippen molar-refractivity contribution in [3.05, 3.63) is 16.3 Å². The Morgan fingerprint density at radius 1 is 1.87 bits per heavy atom. The molecule has 0 unspecified atom stereocenters. The Balaban J connectivity index is 2.26. The number of hydrogen-bond donors (Lipinski definition) is 1. The molecule has 1 aliphatic heterocycles. The van der Waals surface area contributed by atoms with Crippen LogP contribution < -0.4 is 4.74 Å². The van der Waals surface area contributed by atoms with Crippen LogP contribution in [0.25, 0.3) is 0 Å². The van der Waals surface area contributed by atoms with Gasteiger partial charge in [-0.1, -0.05) is 6.92 Å². The highest BCUT2D eigenvalue weighted by Gasteiger charge is 2.42. The van der Waals surface area contributed by atoms with Crippen molar-refractivity contribution in [2.75, 3.05) is 6.61 Å². The Hall–Kier alpha value is -1.63. The van der Waals surface area contributed by atoms with Crippen LogP contribution in [0.3, 0.4) is 0 Å². The second-order valence-corrected chi connectivity index (χ2v) is 3.56. The van der Waals surface area contributed by atoms with Gasteiger partial charge < -0.3 is 20.0 Å². The molecule has 2 heterocycles. The van der Waals surface area contributed by atoms with Gasteiger partial charge in [0, 0.05) is 4.98 Å². The third-order valence-corrected chi connectivity index (χ3v) is 2.61. The second kappa shape index (κ2) is 3.20. The first kappa shape index (κ1) is 9.91. The first-order chi connectivity index (χ1) is 7.10. The molecule has 15 heavy (non-hydrogen) atoms. The van der Waals surface area contributed by atoms with Gasteiger partial charge in [0.1, 0.15) is 6.20 Å². The molecule has 0 fully saturated rings. The van der Waals surface area contributed by atoms with Gasteiger partial charge in [-0.15, -0.1) is 0 Å². The first-order valence-corrected chi connectivity index (χ1v) is 4.61. The largest absolute Gasteiger partial charge is 0.435 e.